The largest absolute Gasteiger partial charge is 0.490 e. The smallest absolute Gasteiger partial charge is 0.353 e. The van der Waals surface area contributed by atoms with Crippen LogP contribution in [-0.2, 0) is 14.6 Å². The van der Waals surface area contributed by atoms with Gasteiger partial charge in [0.15, 0.2) is 11.5 Å². The third kappa shape index (κ3) is 6.17. The second-order valence-electron chi connectivity index (χ2n) is 6.41. The minimum Gasteiger partial charge on any atom is -0.490 e. The van der Waals surface area contributed by atoms with Gasteiger partial charge in [-0.15, -0.1) is 11.3 Å². The average molecular weight is 539 g/mol. The van der Waals surface area contributed by atoms with Gasteiger partial charge in [-0.2, -0.15) is 14.6 Å². The molecule has 0 radical (unpaired) electrons. The first-order chi connectivity index (χ1) is 16.1. The van der Waals surface area contributed by atoms with Crippen molar-refractivity contribution < 1.29 is 27.5 Å². The molecule has 176 valence electrons. The van der Waals surface area contributed by atoms with E-state index in [2.05, 4.69) is 14.7 Å². The van der Waals surface area contributed by atoms with Crippen LogP contribution in [-0.4, -0.2) is 42.5 Å². The van der Waals surface area contributed by atoms with Crippen LogP contribution in [0.15, 0.2) is 40.4 Å². The van der Waals surface area contributed by atoms with Crippen molar-refractivity contribution in [3.05, 3.63) is 50.7 Å². The molecule has 2 heterocycles. The standard InChI is InChI=1S/C20H15ClN4O6S3/c1-3-30-14-9-11(8-13(21)16(14)31-18(27)15-5-4-6-32-15)7-12(10-22)17(26)23-19-24-20(25-33-19)34(2,28)29/h4-9H,3H2,1-2H3,(H,23,24,25,26). The highest BCUT2D eigenvalue weighted by Crippen LogP contribution is 2.38. The Morgan fingerprint density at radius 3 is 2.71 bits per heavy atom. The Balaban J connectivity index is 1.87. The van der Waals surface area contributed by atoms with Crippen LogP contribution in [0.4, 0.5) is 5.13 Å². The molecule has 10 nitrogen and oxygen atoms in total. The monoisotopic (exact) mass is 538 g/mol. The molecule has 0 atom stereocenters. The number of aromatic nitrogens is 2. The van der Waals surface area contributed by atoms with Gasteiger partial charge in [-0.3, -0.25) is 10.1 Å². The average Bonchev–Trinajstić information content (AvgIpc) is 3.46. The van der Waals surface area contributed by atoms with E-state index in [9.17, 15) is 23.3 Å². The zero-order chi connectivity index (χ0) is 24.9. The molecule has 0 unspecified atom stereocenters. The molecule has 3 aromatic rings. The first-order valence-corrected chi connectivity index (χ1v) is 13.2. The van der Waals surface area contributed by atoms with Gasteiger partial charge in [0, 0.05) is 17.8 Å². The Morgan fingerprint density at radius 1 is 1.35 bits per heavy atom. The summed E-state index contributed by atoms with van der Waals surface area (Å²) in [5.74, 6) is -1.29. The highest BCUT2D eigenvalue weighted by Gasteiger charge is 2.20. The number of amides is 1. The number of carbonyl (C=O) groups is 2. The van der Waals surface area contributed by atoms with E-state index in [1.54, 1.807) is 30.5 Å². The Labute approximate surface area is 207 Å². The number of benzene rings is 1. The molecule has 1 N–H and O–H groups in total. The summed E-state index contributed by atoms with van der Waals surface area (Å²) in [5.41, 5.74) is 0.00288. The maximum atomic E-state index is 12.5. The van der Waals surface area contributed by atoms with Crippen LogP contribution in [0.1, 0.15) is 22.2 Å². The summed E-state index contributed by atoms with van der Waals surface area (Å²) in [5, 5.41) is 13.0. The number of rotatable bonds is 8. The summed E-state index contributed by atoms with van der Waals surface area (Å²) in [6, 6.07) is 7.94. The molecular weight excluding hydrogens is 524 g/mol. The number of ether oxygens (including phenoxy) is 2. The minimum absolute atomic E-state index is 0.00388. The van der Waals surface area contributed by atoms with Gasteiger partial charge in [0.1, 0.15) is 16.5 Å². The van der Waals surface area contributed by atoms with Crippen LogP contribution >= 0.6 is 34.5 Å². The van der Waals surface area contributed by atoms with Gasteiger partial charge in [-0.1, -0.05) is 17.7 Å². The van der Waals surface area contributed by atoms with Gasteiger partial charge < -0.3 is 9.47 Å². The predicted octanol–water partition coefficient (Wildman–Crippen LogP) is 3.82. The SMILES string of the molecule is CCOc1cc(C=C(C#N)C(=O)Nc2nc(S(C)(=O)=O)ns2)cc(Cl)c1OC(=O)c1cccs1. The third-order valence-corrected chi connectivity index (χ3v) is 6.61. The quantitative estimate of drug-likeness (QED) is 0.195. The normalized spacial score (nSPS) is 11.5. The van der Waals surface area contributed by atoms with Crippen molar-refractivity contribution in [2.45, 2.75) is 12.1 Å². The minimum atomic E-state index is -3.64. The lowest BCUT2D eigenvalue weighted by Crippen LogP contribution is -2.13. The van der Waals surface area contributed by atoms with Crippen molar-refractivity contribution >= 4 is 67.4 Å². The second kappa shape index (κ2) is 10.7. The Kier molecular flexibility index (Phi) is 8.00. The number of halogens is 1. The van der Waals surface area contributed by atoms with Crippen LogP contribution in [0.25, 0.3) is 6.08 Å². The lowest BCUT2D eigenvalue weighted by Gasteiger charge is -2.13. The molecule has 0 fully saturated rings. The van der Waals surface area contributed by atoms with Crippen LogP contribution in [0, 0.1) is 11.3 Å². The van der Waals surface area contributed by atoms with Gasteiger partial charge >= 0.3 is 5.97 Å². The summed E-state index contributed by atoms with van der Waals surface area (Å²) in [6.07, 6.45) is 2.18. The number of esters is 1. The molecule has 0 saturated heterocycles. The van der Waals surface area contributed by atoms with Crippen LogP contribution in [0.3, 0.4) is 0 Å². The summed E-state index contributed by atoms with van der Waals surface area (Å²) in [6.45, 7) is 1.96. The van der Waals surface area contributed by atoms with Crippen LogP contribution in [0.5, 0.6) is 11.5 Å². The molecular formula is C20H15ClN4O6S3. The van der Waals surface area contributed by atoms with Crippen molar-refractivity contribution in [1.82, 2.24) is 9.36 Å². The fourth-order valence-electron chi connectivity index (χ4n) is 2.46. The fraction of sp³-hybridized carbons (Fsp3) is 0.150. The molecule has 14 heteroatoms. The zero-order valence-corrected chi connectivity index (χ0v) is 20.8. The van der Waals surface area contributed by atoms with Gasteiger partial charge in [0.25, 0.3) is 11.1 Å². The molecule has 0 spiro atoms. The summed E-state index contributed by atoms with van der Waals surface area (Å²) >= 11 is 8.18. The molecule has 1 amide bonds. The number of carbonyl (C=O) groups excluding carboxylic acids is 2. The molecule has 2 aromatic heterocycles. The van der Waals surface area contributed by atoms with E-state index in [4.69, 9.17) is 21.1 Å². The number of hydrogen-bond acceptors (Lipinski definition) is 11. The predicted molar refractivity (Wildman–Crippen MR) is 127 cm³/mol. The Morgan fingerprint density at radius 2 is 2.12 bits per heavy atom. The third-order valence-electron chi connectivity index (χ3n) is 3.88. The van der Waals surface area contributed by atoms with Crippen LogP contribution in [0.2, 0.25) is 5.02 Å². The molecule has 0 bridgehead atoms. The van der Waals surface area contributed by atoms with Gasteiger partial charge in [-0.25, -0.2) is 13.2 Å². The van der Waals surface area contributed by atoms with Crippen molar-refractivity contribution in [3.63, 3.8) is 0 Å². The Hall–Kier alpha value is -3.31. The first kappa shape index (κ1) is 25.3. The van der Waals surface area contributed by atoms with Crippen LogP contribution < -0.4 is 14.8 Å². The molecule has 0 aliphatic heterocycles. The number of nitrogens with zero attached hydrogens (tertiary/aromatic N) is 3. The fourth-order valence-corrected chi connectivity index (χ4v) is 4.76. The van der Waals surface area contributed by atoms with Gasteiger partial charge in [0.2, 0.25) is 15.0 Å². The Bertz CT molecular complexity index is 1410. The number of thiophene rings is 1. The van der Waals surface area contributed by atoms with E-state index in [-0.39, 0.29) is 33.8 Å². The molecule has 0 saturated carbocycles. The number of nitrogens with one attached hydrogen (secondary N) is 1. The summed E-state index contributed by atoms with van der Waals surface area (Å²) < 4.78 is 37.6. The number of nitriles is 1. The highest BCUT2D eigenvalue weighted by molar-refractivity contribution is 7.90. The lowest BCUT2D eigenvalue weighted by atomic mass is 10.1. The highest BCUT2D eigenvalue weighted by atomic mass is 35.5. The lowest BCUT2D eigenvalue weighted by molar-refractivity contribution is -0.112. The van der Waals surface area contributed by atoms with Crippen molar-refractivity contribution in [2.24, 2.45) is 0 Å². The van der Waals surface area contributed by atoms with E-state index in [1.165, 1.54) is 29.5 Å². The van der Waals surface area contributed by atoms with Crippen molar-refractivity contribution in [2.75, 3.05) is 18.2 Å². The summed E-state index contributed by atoms with van der Waals surface area (Å²) in [7, 11) is -3.64. The van der Waals surface area contributed by atoms with Gasteiger partial charge in [0.05, 0.1) is 11.6 Å². The topological polar surface area (TPSA) is 148 Å². The van der Waals surface area contributed by atoms with E-state index >= 15 is 0 Å². The maximum Gasteiger partial charge on any atom is 0.353 e. The van der Waals surface area contributed by atoms with Gasteiger partial charge in [-0.05, 0) is 42.1 Å². The number of anilines is 1. The van der Waals surface area contributed by atoms with E-state index in [1.807, 2.05) is 0 Å². The summed E-state index contributed by atoms with van der Waals surface area (Å²) in [4.78, 5) is 28.9. The molecule has 3 rings (SSSR count). The second-order valence-corrected chi connectivity index (χ2v) is 10.4. The molecule has 0 aliphatic carbocycles. The van der Waals surface area contributed by atoms with E-state index in [0.717, 1.165) is 6.26 Å². The van der Waals surface area contributed by atoms with E-state index < -0.39 is 26.9 Å². The number of hydrogen-bond donors (Lipinski definition) is 1. The van der Waals surface area contributed by atoms with Crippen molar-refractivity contribution in [1.29, 1.82) is 5.26 Å². The zero-order valence-electron chi connectivity index (χ0n) is 17.6. The number of sulfone groups is 1. The first-order valence-electron chi connectivity index (χ1n) is 9.31. The maximum absolute atomic E-state index is 12.5. The molecule has 34 heavy (non-hydrogen) atoms. The van der Waals surface area contributed by atoms with Crippen molar-refractivity contribution in [3.8, 4) is 17.6 Å². The molecule has 0 aliphatic rings. The molecule has 1 aromatic carbocycles. The van der Waals surface area contributed by atoms with E-state index in [0.29, 0.717) is 22.0 Å².